The number of hydrogen-bond donors (Lipinski definition) is 2. The molecule has 4 aromatic rings. The van der Waals surface area contributed by atoms with Crippen molar-refractivity contribution in [3.05, 3.63) is 118 Å². The third-order valence-electron chi connectivity index (χ3n) is 7.78. The minimum Gasteiger partial charge on any atom is -0.478 e. The molecule has 1 aliphatic carbocycles. The summed E-state index contributed by atoms with van der Waals surface area (Å²) in [7, 11) is 0. The molecule has 1 unspecified atom stereocenters. The third-order valence-corrected chi connectivity index (χ3v) is 7.78. The summed E-state index contributed by atoms with van der Waals surface area (Å²) < 4.78 is 14.3. The van der Waals surface area contributed by atoms with Crippen molar-refractivity contribution in [2.45, 2.75) is 45.1 Å². The second-order valence-electron chi connectivity index (χ2n) is 10.1. The highest BCUT2D eigenvalue weighted by Gasteiger charge is 2.28. The zero-order chi connectivity index (χ0) is 25.2. The minimum atomic E-state index is -0.874. The summed E-state index contributed by atoms with van der Waals surface area (Å²) in [6.07, 6.45) is 3.04. The molecular formula is C32H32FNO2. The van der Waals surface area contributed by atoms with E-state index in [9.17, 15) is 14.3 Å². The molecule has 3 atom stereocenters. The molecule has 4 aromatic carbocycles. The van der Waals surface area contributed by atoms with Crippen LogP contribution in [0.5, 0.6) is 0 Å². The topological polar surface area (TPSA) is 49.3 Å². The third kappa shape index (κ3) is 4.78. The fourth-order valence-corrected chi connectivity index (χ4v) is 5.81. The summed E-state index contributed by atoms with van der Waals surface area (Å²) in [6.45, 7) is 4.85. The van der Waals surface area contributed by atoms with Crippen LogP contribution in [-0.4, -0.2) is 17.6 Å². The van der Waals surface area contributed by atoms with E-state index in [-0.39, 0.29) is 17.8 Å². The van der Waals surface area contributed by atoms with Crippen LogP contribution >= 0.6 is 0 Å². The standard InChI is InChI=1S/C32H32FNO2/c1-20-11-12-24(19-29(20)32(35)36)30-18-22(17-23-7-3-4-8-26(23)30)15-16-34-21(2)25-13-14-31(33)28-10-6-5-9-27(25)28/h3-14,19,21-22,30,34H,15-18H2,1-2H3,(H,35,36)/t21-,22-,30?/m1/s1. The number of carboxylic acid groups (broad SMARTS) is 1. The number of aryl methyl sites for hydroxylation is 1. The second-order valence-corrected chi connectivity index (χ2v) is 10.1. The number of hydrogen-bond acceptors (Lipinski definition) is 2. The quantitative estimate of drug-likeness (QED) is 0.289. The maximum Gasteiger partial charge on any atom is 0.335 e. The number of fused-ring (bicyclic) bond motifs is 2. The lowest BCUT2D eigenvalue weighted by atomic mass is 9.72. The fraction of sp³-hybridized carbons (Fsp3) is 0.281. The summed E-state index contributed by atoms with van der Waals surface area (Å²) in [5.41, 5.74) is 6.03. The molecule has 2 N–H and O–H groups in total. The lowest BCUT2D eigenvalue weighted by molar-refractivity contribution is 0.0696. The van der Waals surface area contributed by atoms with Crippen LogP contribution in [0.4, 0.5) is 4.39 Å². The van der Waals surface area contributed by atoms with Crippen LogP contribution in [0.2, 0.25) is 0 Å². The van der Waals surface area contributed by atoms with Gasteiger partial charge in [0, 0.05) is 17.3 Å². The summed E-state index contributed by atoms with van der Waals surface area (Å²) >= 11 is 0. The molecular weight excluding hydrogens is 449 g/mol. The highest BCUT2D eigenvalue weighted by atomic mass is 19.1. The number of benzene rings is 4. The van der Waals surface area contributed by atoms with Crippen molar-refractivity contribution in [1.82, 2.24) is 5.32 Å². The Kier molecular flexibility index (Phi) is 6.88. The highest BCUT2D eigenvalue weighted by Crippen LogP contribution is 2.41. The Bertz CT molecular complexity index is 1410. The zero-order valence-corrected chi connectivity index (χ0v) is 20.8. The van der Waals surface area contributed by atoms with Crippen LogP contribution in [0.3, 0.4) is 0 Å². The van der Waals surface area contributed by atoms with E-state index < -0.39 is 5.97 Å². The van der Waals surface area contributed by atoms with Gasteiger partial charge in [-0.15, -0.1) is 0 Å². The van der Waals surface area contributed by atoms with E-state index in [1.165, 1.54) is 11.1 Å². The van der Waals surface area contributed by atoms with Crippen LogP contribution in [0.25, 0.3) is 10.8 Å². The van der Waals surface area contributed by atoms with E-state index in [0.717, 1.165) is 47.9 Å². The molecule has 184 valence electrons. The van der Waals surface area contributed by atoms with Crippen molar-refractivity contribution in [3.63, 3.8) is 0 Å². The predicted molar refractivity (Wildman–Crippen MR) is 143 cm³/mol. The Balaban J connectivity index is 1.32. The average molecular weight is 482 g/mol. The Morgan fingerprint density at radius 1 is 1.03 bits per heavy atom. The molecule has 4 heteroatoms. The van der Waals surface area contributed by atoms with Crippen molar-refractivity contribution in [1.29, 1.82) is 0 Å². The van der Waals surface area contributed by atoms with E-state index in [1.807, 2.05) is 49.4 Å². The lowest BCUT2D eigenvalue weighted by Gasteiger charge is -2.32. The monoisotopic (exact) mass is 481 g/mol. The summed E-state index contributed by atoms with van der Waals surface area (Å²) in [4.78, 5) is 11.8. The maximum absolute atomic E-state index is 14.3. The largest absolute Gasteiger partial charge is 0.478 e. The van der Waals surface area contributed by atoms with Gasteiger partial charge in [0.25, 0.3) is 0 Å². The fourth-order valence-electron chi connectivity index (χ4n) is 5.81. The van der Waals surface area contributed by atoms with E-state index in [2.05, 4.69) is 42.6 Å². The number of carboxylic acids is 1. The summed E-state index contributed by atoms with van der Waals surface area (Å²) in [5, 5.41) is 14.9. The van der Waals surface area contributed by atoms with Gasteiger partial charge in [0.1, 0.15) is 5.82 Å². The molecule has 0 bridgehead atoms. The van der Waals surface area contributed by atoms with E-state index in [4.69, 9.17) is 0 Å². The van der Waals surface area contributed by atoms with Gasteiger partial charge in [-0.05, 0) is 90.9 Å². The minimum absolute atomic E-state index is 0.109. The van der Waals surface area contributed by atoms with Gasteiger partial charge in [0.15, 0.2) is 0 Å². The number of nitrogens with one attached hydrogen (secondary N) is 1. The second kappa shape index (κ2) is 10.2. The smallest absolute Gasteiger partial charge is 0.335 e. The van der Waals surface area contributed by atoms with Crippen LogP contribution in [-0.2, 0) is 6.42 Å². The molecule has 0 heterocycles. The molecule has 5 rings (SSSR count). The molecule has 36 heavy (non-hydrogen) atoms. The van der Waals surface area contributed by atoms with Gasteiger partial charge in [0.05, 0.1) is 5.56 Å². The van der Waals surface area contributed by atoms with Gasteiger partial charge in [-0.25, -0.2) is 9.18 Å². The van der Waals surface area contributed by atoms with Gasteiger partial charge in [-0.3, -0.25) is 0 Å². The molecule has 0 aromatic heterocycles. The first-order chi connectivity index (χ1) is 17.4. The first kappa shape index (κ1) is 24.2. The zero-order valence-electron chi connectivity index (χ0n) is 20.8. The van der Waals surface area contributed by atoms with Crippen LogP contribution < -0.4 is 5.32 Å². The molecule has 0 radical (unpaired) electrons. The highest BCUT2D eigenvalue weighted by molar-refractivity contribution is 5.89. The maximum atomic E-state index is 14.3. The van der Waals surface area contributed by atoms with Crippen LogP contribution in [0, 0.1) is 18.7 Å². The molecule has 0 aliphatic heterocycles. The normalized spacial score (nSPS) is 18.1. The van der Waals surface area contributed by atoms with Crippen LogP contribution in [0.1, 0.15) is 69.9 Å². The van der Waals surface area contributed by atoms with Gasteiger partial charge in [-0.1, -0.05) is 66.7 Å². The van der Waals surface area contributed by atoms with Crippen LogP contribution in [0.15, 0.2) is 78.9 Å². The van der Waals surface area contributed by atoms with Gasteiger partial charge >= 0.3 is 5.97 Å². The SMILES string of the molecule is Cc1ccc(C2C[C@H](CCN[C@H](C)c3ccc(F)c4ccccc34)Cc3ccccc32)cc1C(=O)O. The Hall–Kier alpha value is -3.50. The molecule has 1 aliphatic rings. The van der Waals surface area contributed by atoms with Crippen molar-refractivity contribution in [2.24, 2.45) is 5.92 Å². The van der Waals surface area contributed by atoms with Gasteiger partial charge in [-0.2, -0.15) is 0 Å². The molecule has 0 amide bonds. The lowest BCUT2D eigenvalue weighted by Crippen LogP contribution is -2.26. The first-order valence-corrected chi connectivity index (χ1v) is 12.7. The molecule has 3 nitrogen and oxygen atoms in total. The van der Waals surface area contributed by atoms with Crippen molar-refractivity contribution < 1.29 is 14.3 Å². The van der Waals surface area contributed by atoms with Crippen molar-refractivity contribution >= 4 is 16.7 Å². The summed E-state index contributed by atoms with van der Waals surface area (Å²) in [6, 6.07) is 25.7. The van der Waals surface area contributed by atoms with E-state index in [0.29, 0.717) is 16.9 Å². The van der Waals surface area contributed by atoms with Crippen molar-refractivity contribution in [2.75, 3.05) is 6.54 Å². The van der Waals surface area contributed by atoms with E-state index >= 15 is 0 Å². The molecule has 0 fully saturated rings. The number of rotatable bonds is 7. The van der Waals surface area contributed by atoms with Crippen molar-refractivity contribution in [3.8, 4) is 0 Å². The first-order valence-electron chi connectivity index (χ1n) is 12.7. The Morgan fingerprint density at radius 2 is 1.78 bits per heavy atom. The molecule has 0 spiro atoms. The Morgan fingerprint density at radius 3 is 2.58 bits per heavy atom. The number of carbonyl (C=O) groups is 1. The van der Waals surface area contributed by atoms with Gasteiger partial charge < -0.3 is 10.4 Å². The Labute approximate surface area is 212 Å². The van der Waals surface area contributed by atoms with E-state index in [1.54, 1.807) is 6.07 Å². The average Bonchev–Trinajstić information content (AvgIpc) is 2.88. The van der Waals surface area contributed by atoms with Gasteiger partial charge in [0.2, 0.25) is 0 Å². The number of aromatic carboxylic acids is 1. The number of halogens is 1. The summed E-state index contributed by atoms with van der Waals surface area (Å²) in [5.74, 6) is -0.376. The molecule has 0 saturated carbocycles. The predicted octanol–water partition coefficient (Wildman–Crippen LogP) is 7.42. The molecule has 0 saturated heterocycles.